The zero-order valence-corrected chi connectivity index (χ0v) is 16.8. The van der Waals surface area contributed by atoms with Gasteiger partial charge in [-0.2, -0.15) is 0 Å². The molecule has 4 aliphatic rings. The summed E-state index contributed by atoms with van der Waals surface area (Å²) in [5, 5.41) is 0. The van der Waals surface area contributed by atoms with Crippen LogP contribution in [0.4, 0.5) is 4.79 Å². The second kappa shape index (κ2) is 7.59. The summed E-state index contributed by atoms with van der Waals surface area (Å²) < 4.78 is 11.0. The summed E-state index contributed by atoms with van der Waals surface area (Å²) in [7, 11) is 0. The number of morpholine rings is 1. The molecule has 3 unspecified atom stereocenters. The fourth-order valence-electron chi connectivity index (χ4n) is 5.65. The summed E-state index contributed by atoms with van der Waals surface area (Å²) in [6, 6.07) is 0.727. The highest BCUT2D eigenvalue weighted by Crippen LogP contribution is 2.53. The molecule has 0 N–H and O–H groups in total. The van der Waals surface area contributed by atoms with Gasteiger partial charge in [0.05, 0.1) is 31.9 Å². The van der Waals surface area contributed by atoms with E-state index in [1.54, 1.807) is 0 Å². The lowest BCUT2D eigenvalue weighted by Gasteiger charge is -2.49. The van der Waals surface area contributed by atoms with E-state index in [-0.39, 0.29) is 24.1 Å². The Labute approximate surface area is 161 Å². The molecule has 7 nitrogen and oxygen atoms in total. The van der Waals surface area contributed by atoms with Crippen molar-refractivity contribution in [3.63, 3.8) is 0 Å². The summed E-state index contributed by atoms with van der Waals surface area (Å²) in [5.41, 5.74) is 0. The van der Waals surface area contributed by atoms with Crippen molar-refractivity contribution in [1.29, 1.82) is 0 Å². The number of likely N-dealkylation sites (tertiary alicyclic amines) is 1. The molecule has 4 fully saturated rings. The molecule has 0 aromatic rings. The van der Waals surface area contributed by atoms with E-state index in [4.69, 9.17) is 9.47 Å². The molecule has 3 saturated heterocycles. The van der Waals surface area contributed by atoms with E-state index in [2.05, 4.69) is 18.7 Å². The minimum absolute atomic E-state index is 0.117. The number of hydrogen-bond donors (Lipinski definition) is 0. The van der Waals surface area contributed by atoms with Crippen LogP contribution in [0, 0.1) is 17.8 Å². The largest absolute Gasteiger partial charge is 0.450 e. The fraction of sp³-hybridized carbons (Fsp3) is 0.900. The molecule has 2 amide bonds. The van der Waals surface area contributed by atoms with Crippen molar-refractivity contribution in [2.75, 3.05) is 46.0 Å². The van der Waals surface area contributed by atoms with Gasteiger partial charge in [-0.25, -0.2) is 4.79 Å². The van der Waals surface area contributed by atoms with Crippen LogP contribution in [-0.4, -0.2) is 90.8 Å². The maximum absolute atomic E-state index is 12.6. The molecule has 0 aromatic carbocycles. The summed E-state index contributed by atoms with van der Waals surface area (Å²) in [4.78, 5) is 31.4. The van der Waals surface area contributed by atoms with Crippen LogP contribution in [-0.2, 0) is 14.3 Å². The number of ether oxygens (including phenoxy) is 2. The number of hydrogen-bond acceptors (Lipinski definition) is 5. The van der Waals surface area contributed by atoms with Crippen molar-refractivity contribution in [3.05, 3.63) is 0 Å². The smallest absolute Gasteiger partial charge is 0.410 e. The minimum Gasteiger partial charge on any atom is -0.450 e. The number of amides is 2. The van der Waals surface area contributed by atoms with Crippen LogP contribution in [0.3, 0.4) is 0 Å². The SMILES string of the molecule is CCOC(=O)N1C2COCC1CC(N1C[C@@H]3C(C(=O)N(CC)CC)[C@@H]3C1)C2. The molecule has 152 valence electrons. The lowest BCUT2D eigenvalue weighted by molar-refractivity contribution is -0.133. The Bertz CT molecular complexity index is 556. The molecular formula is C20H33N3O4. The lowest BCUT2D eigenvalue weighted by Crippen LogP contribution is -2.62. The number of fused-ring (bicyclic) bond motifs is 3. The van der Waals surface area contributed by atoms with Gasteiger partial charge in [-0.15, -0.1) is 0 Å². The monoisotopic (exact) mass is 379 g/mol. The maximum Gasteiger partial charge on any atom is 0.410 e. The topological polar surface area (TPSA) is 62.3 Å². The van der Waals surface area contributed by atoms with E-state index in [0.29, 0.717) is 43.6 Å². The molecular weight excluding hydrogens is 346 g/mol. The van der Waals surface area contributed by atoms with E-state index in [1.165, 1.54) is 0 Å². The Kier molecular flexibility index (Phi) is 5.34. The van der Waals surface area contributed by atoms with Crippen LogP contribution < -0.4 is 0 Å². The highest BCUT2D eigenvalue weighted by Gasteiger charge is 2.61. The summed E-state index contributed by atoms with van der Waals surface area (Å²) in [6.07, 6.45) is 1.70. The molecule has 0 spiro atoms. The van der Waals surface area contributed by atoms with Crippen molar-refractivity contribution in [3.8, 4) is 0 Å². The van der Waals surface area contributed by atoms with Gasteiger partial charge in [0.2, 0.25) is 5.91 Å². The van der Waals surface area contributed by atoms with Gasteiger partial charge >= 0.3 is 6.09 Å². The third-order valence-corrected chi connectivity index (χ3v) is 7.07. The fourth-order valence-corrected chi connectivity index (χ4v) is 5.65. The molecule has 7 heteroatoms. The van der Waals surface area contributed by atoms with Crippen LogP contribution in [0.1, 0.15) is 33.6 Å². The highest BCUT2D eigenvalue weighted by molar-refractivity contribution is 5.82. The zero-order valence-electron chi connectivity index (χ0n) is 16.8. The van der Waals surface area contributed by atoms with Gasteiger partial charge in [-0.05, 0) is 45.4 Å². The van der Waals surface area contributed by atoms with E-state index < -0.39 is 0 Å². The van der Waals surface area contributed by atoms with E-state index in [9.17, 15) is 9.59 Å². The highest BCUT2D eigenvalue weighted by atomic mass is 16.6. The van der Waals surface area contributed by atoms with Gasteiger partial charge in [-0.1, -0.05) is 0 Å². The molecule has 4 rings (SSSR count). The number of nitrogens with zero attached hydrogens (tertiary/aromatic N) is 3. The van der Waals surface area contributed by atoms with Crippen molar-refractivity contribution in [1.82, 2.24) is 14.7 Å². The molecule has 0 radical (unpaired) electrons. The summed E-state index contributed by atoms with van der Waals surface area (Å²) >= 11 is 0. The molecule has 1 aliphatic carbocycles. The second-order valence-electron chi connectivity index (χ2n) is 8.39. The van der Waals surface area contributed by atoms with E-state index >= 15 is 0 Å². The van der Waals surface area contributed by atoms with Crippen LogP contribution in [0.2, 0.25) is 0 Å². The number of rotatable bonds is 5. The van der Waals surface area contributed by atoms with Gasteiger partial charge in [0.15, 0.2) is 0 Å². The molecule has 27 heavy (non-hydrogen) atoms. The Morgan fingerprint density at radius 3 is 2.11 bits per heavy atom. The standard InChI is InChI=1S/C20H33N3O4/c1-4-21(5-2)19(24)18-16-9-22(10-17(16)18)13-7-14-11-26-12-15(8-13)23(14)20(25)27-6-3/h13-18H,4-12H2,1-3H3/t13?,14?,15?,16-,17+,18?. The van der Waals surface area contributed by atoms with Crippen LogP contribution in [0.5, 0.6) is 0 Å². The summed E-state index contributed by atoms with van der Waals surface area (Å²) in [6.45, 7) is 11.3. The number of carbonyl (C=O) groups is 2. The van der Waals surface area contributed by atoms with Gasteiger partial charge in [-0.3, -0.25) is 14.6 Å². The Balaban J connectivity index is 1.34. The first-order valence-corrected chi connectivity index (χ1v) is 10.6. The third kappa shape index (κ3) is 3.33. The molecule has 1 saturated carbocycles. The molecule has 3 heterocycles. The first kappa shape index (κ1) is 19.0. The predicted molar refractivity (Wildman–Crippen MR) is 100 cm³/mol. The van der Waals surface area contributed by atoms with Crippen LogP contribution in [0.15, 0.2) is 0 Å². The van der Waals surface area contributed by atoms with E-state index in [1.807, 2.05) is 16.7 Å². The first-order chi connectivity index (χ1) is 13.1. The molecule has 3 aliphatic heterocycles. The minimum atomic E-state index is -0.191. The Morgan fingerprint density at radius 2 is 1.59 bits per heavy atom. The van der Waals surface area contributed by atoms with Crippen molar-refractivity contribution in [2.45, 2.75) is 51.7 Å². The van der Waals surface area contributed by atoms with Crippen LogP contribution >= 0.6 is 0 Å². The van der Waals surface area contributed by atoms with Gasteiger partial charge in [0, 0.05) is 38.1 Å². The lowest BCUT2D eigenvalue weighted by atomic mass is 9.89. The first-order valence-electron chi connectivity index (χ1n) is 10.6. The molecule has 0 aromatic heterocycles. The van der Waals surface area contributed by atoms with Crippen molar-refractivity contribution < 1.29 is 19.1 Å². The number of piperidine rings is 2. The average Bonchev–Trinajstić information content (AvgIpc) is 3.15. The molecule has 5 atom stereocenters. The number of carbonyl (C=O) groups excluding carboxylic acids is 2. The van der Waals surface area contributed by atoms with Crippen molar-refractivity contribution in [2.24, 2.45) is 17.8 Å². The summed E-state index contributed by atoms with van der Waals surface area (Å²) in [5.74, 6) is 1.69. The average molecular weight is 380 g/mol. The zero-order chi connectivity index (χ0) is 19.1. The third-order valence-electron chi connectivity index (χ3n) is 7.07. The van der Waals surface area contributed by atoms with Gasteiger partial charge in [0.1, 0.15) is 0 Å². The second-order valence-corrected chi connectivity index (χ2v) is 8.39. The Hall–Kier alpha value is -1.34. The Morgan fingerprint density at radius 1 is 1.00 bits per heavy atom. The van der Waals surface area contributed by atoms with Crippen LogP contribution in [0.25, 0.3) is 0 Å². The van der Waals surface area contributed by atoms with E-state index in [0.717, 1.165) is 39.0 Å². The van der Waals surface area contributed by atoms with Crippen molar-refractivity contribution >= 4 is 12.0 Å². The normalized spacial score (nSPS) is 37.7. The predicted octanol–water partition coefficient (Wildman–Crippen LogP) is 1.42. The van der Waals surface area contributed by atoms with Gasteiger partial charge < -0.3 is 14.4 Å². The maximum atomic E-state index is 12.6. The molecule has 2 bridgehead atoms. The quantitative estimate of drug-likeness (QED) is 0.723. The van der Waals surface area contributed by atoms with Gasteiger partial charge in [0.25, 0.3) is 0 Å².